The van der Waals surface area contributed by atoms with Crippen LogP contribution in [-0.4, -0.2) is 28.2 Å². The van der Waals surface area contributed by atoms with Crippen molar-refractivity contribution in [1.82, 2.24) is 0 Å². The lowest BCUT2D eigenvalue weighted by atomic mass is 10.2. The van der Waals surface area contributed by atoms with Crippen LogP contribution >= 0.6 is 22.7 Å². The smallest absolute Gasteiger partial charge is 0.0906 e. The van der Waals surface area contributed by atoms with Gasteiger partial charge in [-0.1, -0.05) is 0 Å². The summed E-state index contributed by atoms with van der Waals surface area (Å²) in [6.07, 6.45) is 2.29. The van der Waals surface area contributed by atoms with Crippen molar-refractivity contribution in [3.63, 3.8) is 0 Å². The van der Waals surface area contributed by atoms with Crippen molar-refractivity contribution < 1.29 is 0 Å². The van der Waals surface area contributed by atoms with E-state index in [0.29, 0.717) is 0 Å². The van der Waals surface area contributed by atoms with E-state index in [2.05, 4.69) is 62.3 Å². The second kappa shape index (κ2) is 5.76. The molecule has 2 aromatic rings. The highest BCUT2D eigenvalue weighted by Gasteiger charge is 2.05. The minimum atomic E-state index is 1.14. The molecule has 0 aliphatic rings. The Morgan fingerprint density at radius 1 is 0.722 bits per heavy atom. The third kappa shape index (κ3) is 3.27. The zero-order valence-electron chi connectivity index (χ0n) is 11.4. The molecule has 0 N–H and O–H groups in total. The van der Waals surface area contributed by atoms with Crippen LogP contribution in [0.4, 0.5) is 10.0 Å². The molecule has 0 atom stereocenters. The largest absolute Gasteiger partial charge is 0.370 e. The van der Waals surface area contributed by atoms with Crippen molar-refractivity contribution in [2.45, 2.75) is 12.8 Å². The molecule has 0 saturated carbocycles. The molecule has 0 bridgehead atoms. The zero-order valence-corrected chi connectivity index (χ0v) is 13.1. The van der Waals surface area contributed by atoms with Crippen molar-refractivity contribution in [3.8, 4) is 0 Å². The molecule has 2 heterocycles. The maximum atomic E-state index is 2.25. The fourth-order valence-corrected chi connectivity index (χ4v) is 3.58. The van der Waals surface area contributed by atoms with Crippen LogP contribution in [0.25, 0.3) is 0 Å². The summed E-state index contributed by atoms with van der Waals surface area (Å²) in [5, 5.41) is 2.68. The third-order valence-corrected chi connectivity index (χ3v) is 5.42. The predicted octanol–water partition coefficient (Wildman–Crippen LogP) is 3.73. The lowest BCUT2D eigenvalue weighted by Gasteiger charge is -2.07. The monoisotopic (exact) mass is 280 g/mol. The molecule has 0 amide bonds. The van der Waals surface area contributed by atoms with Gasteiger partial charge < -0.3 is 9.80 Å². The Morgan fingerprint density at radius 2 is 1.11 bits per heavy atom. The summed E-state index contributed by atoms with van der Waals surface area (Å²) in [7, 11) is 8.38. The lowest BCUT2D eigenvalue weighted by Crippen LogP contribution is -2.05. The Morgan fingerprint density at radius 3 is 1.39 bits per heavy atom. The first kappa shape index (κ1) is 13.4. The van der Waals surface area contributed by atoms with Gasteiger partial charge in [0.1, 0.15) is 0 Å². The fourth-order valence-electron chi connectivity index (χ4n) is 1.73. The Bertz CT molecular complexity index is 451. The quantitative estimate of drug-likeness (QED) is 0.823. The van der Waals surface area contributed by atoms with Crippen LogP contribution in [0.3, 0.4) is 0 Å². The van der Waals surface area contributed by atoms with Gasteiger partial charge in [-0.15, -0.1) is 22.7 Å². The van der Waals surface area contributed by atoms with Gasteiger partial charge in [0, 0.05) is 37.9 Å². The van der Waals surface area contributed by atoms with Crippen LogP contribution in [0.2, 0.25) is 0 Å². The molecule has 2 aromatic heterocycles. The maximum Gasteiger partial charge on any atom is 0.0906 e. The highest BCUT2D eigenvalue weighted by Crippen LogP contribution is 2.28. The number of hydrogen-bond acceptors (Lipinski definition) is 4. The van der Waals surface area contributed by atoms with Crippen molar-refractivity contribution in [1.29, 1.82) is 0 Å². The van der Waals surface area contributed by atoms with Crippen LogP contribution in [0, 0.1) is 0 Å². The van der Waals surface area contributed by atoms with Crippen molar-refractivity contribution in [2.24, 2.45) is 0 Å². The summed E-state index contributed by atoms with van der Waals surface area (Å²) >= 11 is 3.79. The highest BCUT2D eigenvalue weighted by molar-refractivity contribution is 7.16. The predicted molar refractivity (Wildman–Crippen MR) is 84.7 cm³/mol. The number of thiophene rings is 2. The molecular weight excluding hydrogens is 260 g/mol. The molecule has 2 rings (SSSR count). The second-order valence-electron chi connectivity index (χ2n) is 4.77. The summed E-state index contributed by atoms with van der Waals surface area (Å²) in [6, 6.07) is 8.92. The second-order valence-corrected chi connectivity index (χ2v) is 7.06. The first-order chi connectivity index (χ1) is 8.56. The topological polar surface area (TPSA) is 6.48 Å². The molecule has 0 spiro atoms. The lowest BCUT2D eigenvalue weighted by molar-refractivity contribution is 1.00. The molecule has 0 aliphatic carbocycles. The van der Waals surface area contributed by atoms with E-state index in [9.17, 15) is 0 Å². The Kier molecular flexibility index (Phi) is 4.30. The summed E-state index contributed by atoms with van der Waals surface area (Å²) < 4.78 is 0. The third-order valence-electron chi connectivity index (χ3n) is 2.79. The summed E-state index contributed by atoms with van der Waals surface area (Å²) in [6.45, 7) is 0. The molecule has 2 nitrogen and oxygen atoms in total. The van der Waals surface area contributed by atoms with Crippen LogP contribution in [-0.2, 0) is 12.8 Å². The van der Waals surface area contributed by atoms with Gasteiger partial charge in [0.15, 0.2) is 0 Å². The normalized spacial score (nSPS) is 10.7. The fraction of sp³-hybridized carbons (Fsp3) is 0.429. The average molecular weight is 280 g/mol. The highest BCUT2D eigenvalue weighted by atomic mass is 32.1. The van der Waals surface area contributed by atoms with E-state index in [1.807, 2.05) is 22.7 Å². The van der Waals surface area contributed by atoms with E-state index in [4.69, 9.17) is 0 Å². The van der Waals surface area contributed by atoms with Crippen LogP contribution in [0.15, 0.2) is 24.3 Å². The van der Waals surface area contributed by atoms with Crippen LogP contribution in [0.5, 0.6) is 0 Å². The van der Waals surface area contributed by atoms with Gasteiger partial charge in [-0.3, -0.25) is 0 Å². The average Bonchev–Trinajstić information content (AvgIpc) is 2.95. The Hall–Kier alpha value is -1.00. The maximum absolute atomic E-state index is 2.25. The molecule has 0 saturated heterocycles. The van der Waals surface area contributed by atoms with Gasteiger partial charge >= 0.3 is 0 Å². The Balaban J connectivity index is 1.93. The summed E-state index contributed by atoms with van der Waals surface area (Å²) in [5.41, 5.74) is 0. The van der Waals surface area contributed by atoms with E-state index in [1.54, 1.807) is 0 Å². The van der Waals surface area contributed by atoms with Gasteiger partial charge in [-0.05, 0) is 37.1 Å². The molecule has 18 heavy (non-hydrogen) atoms. The molecule has 0 fully saturated rings. The summed E-state index contributed by atoms with van der Waals surface area (Å²) in [4.78, 5) is 7.28. The number of anilines is 2. The number of nitrogens with zero attached hydrogens (tertiary/aromatic N) is 2. The SMILES string of the molecule is CN(C)c1ccc(CCc2ccc(N(C)C)s2)s1. The molecule has 0 aromatic carbocycles. The van der Waals surface area contributed by atoms with E-state index in [1.165, 1.54) is 19.8 Å². The molecule has 0 unspecified atom stereocenters. The Labute approximate surface area is 117 Å². The molecule has 0 aliphatic heterocycles. The van der Waals surface area contributed by atoms with Crippen molar-refractivity contribution >= 4 is 32.7 Å². The van der Waals surface area contributed by atoms with Gasteiger partial charge in [-0.2, -0.15) is 0 Å². The minimum absolute atomic E-state index is 1.14. The van der Waals surface area contributed by atoms with Crippen molar-refractivity contribution in [2.75, 3.05) is 38.0 Å². The van der Waals surface area contributed by atoms with Crippen molar-refractivity contribution in [3.05, 3.63) is 34.0 Å². The number of aryl methyl sites for hydroxylation is 2. The van der Waals surface area contributed by atoms with E-state index >= 15 is 0 Å². The van der Waals surface area contributed by atoms with Gasteiger partial charge in [0.2, 0.25) is 0 Å². The molecule has 0 radical (unpaired) electrons. The van der Waals surface area contributed by atoms with E-state index in [-0.39, 0.29) is 0 Å². The van der Waals surface area contributed by atoms with Crippen LogP contribution < -0.4 is 9.80 Å². The standard InChI is InChI=1S/C14H20N2S2/c1-15(2)13-9-7-11(17-13)5-6-12-8-10-14(18-12)16(3)4/h7-10H,5-6H2,1-4H3. The van der Waals surface area contributed by atoms with Gasteiger partial charge in [0.05, 0.1) is 10.0 Å². The first-order valence-corrected chi connectivity index (χ1v) is 7.71. The van der Waals surface area contributed by atoms with Gasteiger partial charge in [0.25, 0.3) is 0 Å². The number of hydrogen-bond donors (Lipinski definition) is 0. The number of rotatable bonds is 5. The minimum Gasteiger partial charge on any atom is -0.370 e. The first-order valence-electron chi connectivity index (χ1n) is 6.08. The van der Waals surface area contributed by atoms with Crippen LogP contribution in [0.1, 0.15) is 9.75 Å². The van der Waals surface area contributed by atoms with E-state index < -0.39 is 0 Å². The van der Waals surface area contributed by atoms with E-state index in [0.717, 1.165) is 12.8 Å². The van der Waals surface area contributed by atoms with Gasteiger partial charge in [-0.25, -0.2) is 0 Å². The molecular formula is C14H20N2S2. The molecule has 4 heteroatoms. The molecule has 98 valence electrons. The zero-order chi connectivity index (χ0) is 13.1. The summed E-state index contributed by atoms with van der Waals surface area (Å²) in [5.74, 6) is 0.